The molecule has 38 heavy (non-hydrogen) atoms. The average molecular weight is 542 g/mol. The summed E-state index contributed by atoms with van der Waals surface area (Å²) in [5.41, 5.74) is 8.50. The van der Waals surface area contributed by atoms with E-state index >= 15 is 0 Å². The van der Waals surface area contributed by atoms with Crippen molar-refractivity contribution in [2.24, 2.45) is 5.73 Å². The molecule has 1 saturated carbocycles. The van der Waals surface area contributed by atoms with Crippen LogP contribution in [-0.2, 0) is 26.5 Å². The molecule has 1 aliphatic rings. The number of anilines is 1. The normalized spacial score (nSPS) is 13.8. The summed E-state index contributed by atoms with van der Waals surface area (Å²) in [5, 5.41) is 16.8. The summed E-state index contributed by atoms with van der Waals surface area (Å²) < 4.78 is 33.2. The van der Waals surface area contributed by atoms with Gasteiger partial charge in [-0.3, -0.25) is 24.4 Å². The fraction of sp³-hybridized carbons (Fsp3) is 0.435. The Morgan fingerprint density at radius 2 is 1.89 bits per heavy atom. The van der Waals surface area contributed by atoms with Crippen LogP contribution in [0.3, 0.4) is 0 Å². The Balaban J connectivity index is 0.000000638. The van der Waals surface area contributed by atoms with E-state index in [1.54, 1.807) is 13.1 Å². The number of guanidine groups is 1. The Labute approximate surface area is 216 Å². The number of halogens is 3. The summed E-state index contributed by atoms with van der Waals surface area (Å²) in [6, 6.07) is 10.2. The van der Waals surface area contributed by atoms with Gasteiger partial charge in [-0.15, -0.1) is 0 Å². The van der Waals surface area contributed by atoms with Gasteiger partial charge in [0.2, 0.25) is 11.9 Å². The molecule has 3 rings (SSSR count). The number of carboxylic acids is 1. The average Bonchev–Trinajstić information content (AvgIpc) is 2.81. The first kappa shape index (κ1) is 30.1. The summed E-state index contributed by atoms with van der Waals surface area (Å²) in [7, 11) is 1.90. The minimum Gasteiger partial charge on any atom is -0.475 e. The third kappa shape index (κ3) is 7.68. The van der Waals surface area contributed by atoms with Gasteiger partial charge >= 0.3 is 12.1 Å². The number of hydroxylamine groups is 1. The number of benzene rings is 1. The van der Waals surface area contributed by atoms with Gasteiger partial charge in [-0.1, -0.05) is 30.3 Å². The SMILES string of the molecule is Cc1cnc(N(C)C2(c3ccccc3)CCC2)c(=O)n1CC(=O)NCCONC(=N)N.O=C(O)C(F)(F)F. The quantitative estimate of drug-likeness (QED) is 0.135. The number of nitrogens with two attached hydrogens (primary N) is 1. The predicted molar refractivity (Wildman–Crippen MR) is 131 cm³/mol. The molecule has 1 aromatic carbocycles. The van der Waals surface area contributed by atoms with Gasteiger partial charge in [0.15, 0.2) is 5.82 Å². The van der Waals surface area contributed by atoms with Gasteiger partial charge in [-0.2, -0.15) is 13.2 Å². The predicted octanol–water partition coefficient (Wildman–Crippen LogP) is 1.23. The summed E-state index contributed by atoms with van der Waals surface area (Å²) >= 11 is 0. The van der Waals surface area contributed by atoms with Crippen molar-refractivity contribution in [2.45, 2.75) is 44.4 Å². The molecule has 15 heteroatoms. The van der Waals surface area contributed by atoms with Crippen LogP contribution in [0.4, 0.5) is 19.0 Å². The van der Waals surface area contributed by atoms with E-state index in [0.29, 0.717) is 11.5 Å². The molecule has 12 nitrogen and oxygen atoms in total. The second-order valence-electron chi connectivity index (χ2n) is 8.44. The topological polar surface area (TPSA) is 176 Å². The minimum atomic E-state index is -5.08. The van der Waals surface area contributed by atoms with Crippen LogP contribution in [0.5, 0.6) is 0 Å². The molecule has 1 amide bonds. The third-order valence-corrected chi connectivity index (χ3v) is 5.94. The fourth-order valence-corrected chi connectivity index (χ4v) is 3.84. The first-order valence-electron chi connectivity index (χ1n) is 11.4. The van der Waals surface area contributed by atoms with Crippen molar-refractivity contribution >= 4 is 23.7 Å². The number of nitrogens with zero attached hydrogens (tertiary/aromatic N) is 3. The molecular formula is C23H30F3N7O5. The molecule has 1 aromatic heterocycles. The second kappa shape index (κ2) is 12.9. The molecule has 2 aromatic rings. The molecule has 1 heterocycles. The number of alkyl halides is 3. The number of hydrogen-bond donors (Lipinski definition) is 5. The number of aliphatic carboxylic acids is 1. The maximum absolute atomic E-state index is 13.2. The number of carbonyl (C=O) groups excluding carboxylic acids is 1. The first-order valence-corrected chi connectivity index (χ1v) is 11.4. The fourth-order valence-electron chi connectivity index (χ4n) is 3.84. The van der Waals surface area contributed by atoms with Crippen LogP contribution in [0.25, 0.3) is 0 Å². The van der Waals surface area contributed by atoms with Crippen LogP contribution in [0.1, 0.15) is 30.5 Å². The van der Waals surface area contributed by atoms with Crippen LogP contribution in [0.2, 0.25) is 0 Å². The lowest BCUT2D eigenvalue weighted by Gasteiger charge is -2.49. The monoisotopic (exact) mass is 541 g/mol. The summed E-state index contributed by atoms with van der Waals surface area (Å²) in [6.45, 7) is 1.97. The zero-order valence-corrected chi connectivity index (χ0v) is 20.8. The summed E-state index contributed by atoms with van der Waals surface area (Å²) in [5.74, 6) is -3.07. The van der Waals surface area contributed by atoms with Crippen LogP contribution >= 0.6 is 0 Å². The Morgan fingerprint density at radius 1 is 1.29 bits per heavy atom. The van der Waals surface area contributed by atoms with E-state index in [9.17, 15) is 22.8 Å². The van der Waals surface area contributed by atoms with E-state index in [4.69, 9.17) is 25.9 Å². The van der Waals surface area contributed by atoms with E-state index in [0.717, 1.165) is 24.8 Å². The van der Waals surface area contributed by atoms with Crippen molar-refractivity contribution in [3.8, 4) is 0 Å². The lowest BCUT2D eigenvalue weighted by atomic mass is 9.70. The highest BCUT2D eigenvalue weighted by Crippen LogP contribution is 2.46. The van der Waals surface area contributed by atoms with Crippen LogP contribution in [-0.4, -0.2) is 58.9 Å². The van der Waals surface area contributed by atoms with E-state index in [2.05, 4.69) is 27.9 Å². The molecule has 0 atom stereocenters. The number of aryl methyl sites for hydroxylation is 1. The zero-order chi connectivity index (χ0) is 28.5. The van der Waals surface area contributed by atoms with E-state index in [1.807, 2.05) is 30.1 Å². The Kier molecular flexibility index (Phi) is 10.2. The van der Waals surface area contributed by atoms with Crippen molar-refractivity contribution in [1.29, 1.82) is 5.41 Å². The Morgan fingerprint density at radius 3 is 2.39 bits per heavy atom. The zero-order valence-electron chi connectivity index (χ0n) is 20.8. The molecule has 0 unspecified atom stereocenters. The molecule has 0 bridgehead atoms. The number of aromatic nitrogens is 2. The third-order valence-electron chi connectivity index (χ3n) is 5.94. The van der Waals surface area contributed by atoms with Gasteiger partial charge in [0.05, 0.1) is 12.1 Å². The molecule has 0 radical (unpaired) electrons. The van der Waals surface area contributed by atoms with E-state index in [1.165, 1.54) is 4.57 Å². The molecule has 1 fully saturated rings. The Bertz CT molecular complexity index is 1180. The number of nitrogens with one attached hydrogen (secondary N) is 3. The lowest BCUT2D eigenvalue weighted by molar-refractivity contribution is -0.192. The van der Waals surface area contributed by atoms with Gasteiger partial charge in [0.25, 0.3) is 5.56 Å². The largest absolute Gasteiger partial charge is 0.490 e. The van der Waals surface area contributed by atoms with E-state index in [-0.39, 0.29) is 42.7 Å². The van der Waals surface area contributed by atoms with Crippen molar-refractivity contribution in [3.63, 3.8) is 0 Å². The van der Waals surface area contributed by atoms with E-state index < -0.39 is 12.1 Å². The second-order valence-corrected chi connectivity index (χ2v) is 8.44. The molecule has 6 N–H and O–H groups in total. The summed E-state index contributed by atoms with van der Waals surface area (Å²) in [6.07, 6.45) is -0.491. The highest BCUT2D eigenvalue weighted by molar-refractivity contribution is 5.76. The molecular weight excluding hydrogens is 511 g/mol. The van der Waals surface area contributed by atoms with Gasteiger partial charge in [0, 0.05) is 25.5 Å². The molecule has 0 saturated heterocycles. The van der Waals surface area contributed by atoms with Gasteiger partial charge in [-0.25, -0.2) is 15.3 Å². The van der Waals surface area contributed by atoms with Crippen molar-refractivity contribution in [3.05, 3.63) is 58.1 Å². The van der Waals surface area contributed by atoms with Crippen molar-refractivity contribution in [1.82, 2.24) is 20.3 Å². The first-order chi connectivity index (χ1) is 17.8. The lowest BCUT2D eigenvalue weighted by Crippen LogP contribution is -2.52. The van der Waals surface area contributed by atoms with Crippen LogP contribution in [0.15, 0.2) is 41.3 Å². The molecule has 0 aliphatic heterocycles. The van der Waals surface area contributed by atoms with Crippen LogP contribution in [0, 0.1) is 12.3 Å². The molecule has 0 spiro atoms. The van der Waals surface area contributed by atoms with Crippen molar-refractivity contribution < 1.29 is 32.7 Å². The highest BCUT2D eigenvalue weighted by Gasteiger charge is 2.44. The van der Waals surface area contributed by atoms with Gasteiger partial charge < -0.3 is 21.1 Å². The number of amides is 1. The number of carboxylic acid groups (broad SMARTS) is 1. The number of rotatable bonds is 9. The molecule has 1 aliphatic carbocycles. The maximum Gasteiger partial charge on any atom is 0.490 e. The minimum absolute atomic E-state index is 0.119. The Hall–Kier alpha value is -4.14. The van der Waals surface area contributed by atoms with Gasteiger partial charge in [0.1, 0.15) is 6.54 Å². The van der Waals surface area contributed by atoms with Crippen LogP contribution < -0.4 is 27.0 Å². The summed E-state index contributed by atoms with van der Waals surface area (Å²) in [4.78, 5) is 45.7. The number of hydrogen-bond acceptors (Lipinski definition) is 7. The van der Waals surface area contributed by atoms with Crippen molar-refractivity contribution in [2.75, 3.05) is 25.1 Å². The van der Waals surface area contributed by atoms with Gasteiger partial charge in [-0.05, 0) is 31.7 Å². The maximum atomic E-state index is 13.2. The molecule has 208 valence electrons. The highest BCUT2D eigenvalue weighted by atomic mass is 19.4. The standard InChI is InChI=1S/C21H29N7O3.C2HF3O2/c1-15-13-25-18(27(2)21(9-6-10-21)16-7-4-3-5-8-16)19(30)28(15)14-17(29)24-11-12-31-26-20(22)23;3-2(4,5)1(6)7/h3-5,7-8,13H,6,9-12,14H2,1-2H3,(H,24,29)(H4,22,23,26);(H,6,7). The number of carbonyl (C=O) groups is 2. The smallest absolute Gasteiger partial charge is 0.475 e.